The van der Waals surface area contributed by atoms with Crippen LogP contribution in [0.3, 0.4) is 0 Å². The molecule has 2 rings (SSSR count). The van der Waals surface area contributed by atoms with Crippen molar-refractivity contribution in [3.05, 3.63) is 18.2 Å². The van der Waals surface area contributed by atoms with E-state index in [4.69, 9.17) is 9.84 Å². The zero-order valence-corrected chi connectivity index (χ0v) is 14.4. The van der Waals surface area contributed by atoms with Crippen molar-refractivity contribution in [2.24, 2.45) is 0 Å². The molecule has 25 heavy (non-hydrogen) atoms. The summed E-state index contributed by atoms with van der Waals surface area (Å²) in [5.74, 6) is -0.932. The molecule has 136 valence electrons. The van der Waals surface area contributed by atoms with Gasteiger partial charge in [0, 0.05) is 31.1 Å². The highest BCUT2D eigenvalue weighted by molar-refractivity contribution is 5.97. The summed E-state index contributed by atoms with van der Waals surface area (Å²) in [7, 11) is 0. The van der Waals surface area contributed by atoms with E-state index >= 15 is 0 Å². The van der Waals surface area contributed by atoms with E-state index in [2.05, 4.69) is 5.32 Å². The molecule has 0 aromatic heterocycles. The Labute approximate surface area is 147 Å². The Kier molecular flexibility index (Phi) is 6.80. The van der Waals surface area contributed by atoms with Gasteiger partial charge < -0.3 is 20.1 Å². The Morgan fingerprint density at radius 3 is 2.80 bits per heavy atom. The fraction of sp³-hybridized carbons (Fsp3) is 0.500. The Balaban J connectivity index is 2.21. The van der Waals surface area contributed by atoms with Crippen LogP contribution in [0.25, 0.3) is 0 Å². The van der Waals surface area contributed by atoms with Crippen molar-refractivity contribution in [2.45, 2.75) is 45.4 Å². The largest absolute Gasteiger partial charge is 0.480 e. The zero-order valence-electron chi connectivity index (χ0n) is 14.4. The molecular formula is C18H24N2O5. The van der Waals surface area contributed by atoms with Gasteiger partial charge in [0.05, 0.1) is 5.69 Å². The molecule has 0 aliphatic carbocycles. The summed E-state index contributed by atoms with van der Waals surface area (Å²) in [5, 5.41) is 11.6. The first kappa shape index (κ1) is 18.8. The topological polar surface area (TPSA) is 95.9 Å². The summed E-state index contributed by atoms with van der Waals surface area (Å²) in [5.41, 5.74) is 1.06. The number of unbranched alkanes of at least 4 members (excludes halogenated alkanes) is 1. The molecule has 0 bridgehead atoms. The van der Waals surface area contributed by atoms with Gasteiger partial charge in [0.2, 0.25) is 11.8 Å². The third kappa shape index (κ3) is 5.48. The number of hydrogen-bond donors (Lipinski definition) is 2. The lowest BCUT2D eigenvalue weighted by Crippen LogP contribution is -2.35. The normalized spacial score (nSPS) is 14.3. The smallest absolute Gasteiger partial charge is 0.341 e. The molecule has 1 heterocycles. The number of hydrogen-bond acceptors (Lipinski definition) is 4. The van der Waals surface area contributed by atoms with E-state index in [1.165, 1.54) is 0 Å². The van der Waals surface area contributed by atoms with Crippen molar-refractivity contribution >= 4 is 29.2 Å². The second kappa shape index (κ2) is 9.05. The number of rotatable bonds is 8. The van der Waals surface area contributed by atoms with Crippen LogP contribution in [-0.4, -0.2) is 36.0 Å². The number of carboxylic acid groups (broad SMARTS) is 1. The molecule has 0 spiro atoms. The molecule has 1 saturated heterocycles. The van der Waals surface area contributed by atoms with Crippen LogP contribution >= 0.6 is 0 Å². The van der Waals surface area contributed by atoms with E-state index in [1.54, 1.807) is 23.1 Å². The Morgan fingerprint density at radius 1 is 1.32 bits per heavy atom. The van der Waals surface area contributed by atoms with Gasteiger partial charge in [-0.05, 0) is 31.4 Å². The van der Waals surface area contributed by atoms with Crippen LogP contribution in [0, 0.1) is 0 Å². The molecule has 7 heteroatoms. The van der Waals surface area contributed by atoms with Crippen LogP contribution in [-0.2, 0) is 14.4 Å². The molecule has 1 aromatic rings. The summed E-state index contributed by atoms with van der Waals surface area (Å²) in [6.07, 6.45) is 4.36. The minimum atomic E-state index is -1.10. The van der Waals surface area contributed by atoms with Crippen molar-refractivity contribution in [2.75, 3.05) is 23.4 Å². The molecule has 1 fully saturated rings. The lowest BCUT2D eigenvalue weighted by molar-refractivity contribution is -0.139. The number of nitrogens with zero attached hydrogens (tertiary/aromatic N) is 1. The van der Waals surface area contributed by atoms with Gasteiger partial charge in [-0.2, -0.15) is 0 Å². The van der Waals surface area contributed by atoms with Crippen molar-refractivity contribution in [1.29, 1.82) is 0 Å². The van der Waals surface area contributed by atoms with Gasteiger partial charge in [-0.25, -0.2) is 4.79 Å². The molecular weight excluding hydrogens is 324 g/mol. The van der Waals surface area contributed by atoms with Gasteiger partial charge in [-0.15, -0.1) is 0 Å². The summed E-state index contributed by atoms with van der Waals surface area (Å²) in [6, 6.07) is 4.97. The molecule has 1 aromatic carbocycles. The number of benzene rings is 1. The number of anilines is 2. The zero-order chi connectivity index (χ0) is 18.2. The summed E-state index contributed by atoms with van der Waals surface area (Å²) in [4.78, 5) is 36.5. The van der Waals surface area contributed by atoms with Crippen LogP contribution in [0.2, 0.25) is 0 Å². The maximum absolute atomic E-state index is 12.2. The predicted molar refractivity (Wildman–Crippen MR) is 93.9 cm³/mol. The van der Waals surface area contributed by atoms with Crippen molar-refractivity contribution in [3.8, 4) is 5.75 Å². The highest BCUT2D eigenvalue weighted by Gasteiger charge is 2.23. The van der Waals surface area contributed by atoms with E-state index in [-0.39, 0.29) is 17.6 Å². The first-order chi connectivity index (χ1) is 12.0. The van der Waals surface area contributed by atoms with E-state index < -0.39 is 12.6 Å². The monoisotopic (exact) mass is 348 g/mol. The molecule has 0 atom stereocenters. The minimum absolute atomic E-state index is 0.00819. The second-order valence-corrected chi connectivity index (χ2v) is 6.02. The average Bonchev–Trinajstić information content (AvgIpc) is 2.59. The van der Waals surface area contributed by atoms with Gasteiger partial charge in [0.15, 0.2) is 6.61 Å². The molecule has 1 aliphatic heterocycles. The minimum Gasteiger partial charge on any atom is -0.480 e. The van der Waals surface area contributed by atoms with Crippen molar-refractivity contribution in [3.63, 3.8) is 0 Å². The molecule has 0 saturated carbocycles. The van der Waals surface area contributed by atoms with E-state index in [9.17, 15) is 14.4 Å². The number of nitrogens with one attached hydrogen (secondary N) is 1. The number of aliphatic carboxylic acids is 1. The standard InChI is InChI=1S/C18H24N2O5/c1-2-3-6-16(21)19-13-8-9-14(15(11-13)25-12-18(23)24)20-10-5-4-7-17(20)22/h8-9,11H,2-7,10,12H2,1H3,(H,19,21)(H,23,24). The second-order valence-electron chi connectivity index (χ2n) is 6.02. The molecule has 2 N–H and O–H groups in total. The summed E-state index contributed by atoms with van der Waals surface area (Å²) >= 11 is 0. The van der Waals surface area contributed by atoms with Gasteiger partial charge in [0.25, 0.3) is 0 Å². The highest BCUT2D eigenvalue weighted by atomic mass is 16.5. The lowest BCUT2D eigenvalue weighted by atomic mass is 10.1. The van der Waals surface area contributed by atoms with Crippen LogP contribution in [0.5, 0.6) is 5.75 Å². The molecule has 7 nitrogen and oxygen atoms in total. The Bertz CT molecular complexity index is 644. The SMILES string of the molecule is CCCCC(=O)Nc1ccc(N2CCCCC2=O)c(OCC(=O)O)c1. The quantitative estimate of drug-likeness (QED) is 0.753. The third-order valence-corrected chi connectivity index (χ3v) is 3.97. The van der Waals surface area contributed by atoms with Crippen LogP contribution in [0.15, 0.2) is 18.2 Å². The van der Waals surface area contributed by atoms with E-state index in [1.807, 2.05) is 6.92 Å². The number of piperidine rings is 1. The molecule has 0 radical (unpaired) electrons. The average molecular weight is 348 g/mol. The van der Waals surface area contributed by atoms with Crippen molar-refractivity contribution in [1.82, 2.24) is 0 Å². The Hall–Kier alpha value is -2.57. The van der Waals surface area contributed by atoms with Crippen molar-refractivity contribution < 1.29 is 24.2 Å². The fourth-order valence-electron chi connectivity index (χ4n) is 2.69. The fourth-order valence-corrected chi connectivity index (χ4v) is 2.69. The number of carboxylic acids is 1. The first-order valence-electron chi connectivity index (χ1n) is 8.60. The van der Waals surface area contributed by atoms with E-state index in [0.717, 1.165) is 25.7 Å². The Morgan fingerprint density at radius 2 is 2.12 bits per heavy atom. The molecule has 1 aliphatic rings. The van der Waals surface area contributed by atoms with Crippen LogP contribution < -0.4 is 15.0 Å². The highest BCUT2D eigenvalue weighted by Crippen LogP contribution is 2.33. The summed E-state index contributed by atoms with van der Waals surface area (Å²) in [6.45, 7) is 2.07. The van der Waals surface area contributed by atoms with Gasteiger partial charge in [-0.3, -0.25) is 9.59 Å². The third-order valence-electron chi connectivity index (χ3n) is 3.97. The van der Waals surface area contributed by atoms with Gasteiger partial charge >= 0.3 is 5.97 Å². The van der Waals surface area contributed by atoms with Crippen LogP contribution in [0.1, 0.15) is 45.4 Å². The van der Waals surface area contributed by atoms with Gasteiger partial charge in [-0.1, -0.05) is 13.3 Å². The number of carbonyl (C=O) groups excluding carboxylic acids is 2. The molecule has 2 amide bonds. The maximum atomic E-state index is 12.2. The first-order valence-corrected chi connectivity index (χ1v) is 8.60. The molecule has 0 unspecified atom stereocenters. The number of amides is 2. The number of ether oxygens (including phenoxy) is 1. The van der Waals surface area contributed by atoms with E-state index in [0.29, 0.717) is 30.8 Å². The lowest BCUT2D eigenvalue weighted by Gasteiger charge is -2.28. The van der Waals surface area contributed by atoms with Gasteiger partial charge in [0.1, 0.15) is 5.75 Å². The predicted octanol–water partition coefficient (Wildman–Crippen LogP) is 2.80. The maximum Gasteiger partial charge on any atom is 0.341 e. The van der Waals surface area contributed by atoms with Crippen LogP contribution in [0.4, 0.5) is 11.4 Å². The summed E-state index contributed by atoms with van der Waals surface area (Å²) < 4.78 is 5.36. The number of carbonyl (C=O) groups is 3.